The summed E-state index contributed by atoms with van der Waals surface area (Å²) in [4.78, 5) is 0. The fraction of sp³-hybridized carbons (Fsp3) is 0.500. The van der Waals surface area contributed by atoms with Gasteiger partial charge in [-0.25, -0.2) is 0 Å². The van der Waals surface area contributed by atoms with Gasteiger partial charge in [-0.1, -0.05) is 42.5 Å². The summed E-state index contributed by atoms with van der Waals surface area (Å²) in [6.07, 6.45) is 8.06. The first kappa shape index (κ1) is 13.3. The molecule has 2 aliphatic carbocycles. The first-order valence-corrected chi connectivity index (χ1v) is 8.54. The molecule has 2 aliphatic rings. The lowest BCUT2D eigenvalue weighted by Crippen LogP contribution is -2.26. The van der Waals surface area contributed by atoms with Crippen LogP contribution in [0.2, 0.25) is 0 Å². The number of hydrogen-bond donors (Lipinski definition) is 1. The Morgan fingerprint density at radius 1 is 0.905 bits per heavy atom. The van der Waals surface area contributed by atoms with Crippen LogP contribution >= 0.6 is 0 Å². The second-order valence-corrected chi connectivity index (χ2v) is 7.23. The number of rotatable bonds is 3. The van der Waals surface area contributed by atoms with Crippen molar-refractivity contribution in [2.45, 2.75) is 50.5 Å². The van der Waals surface area contributed by atoms with E-state index in [2.05, 4.69) is 42.5 Å². The summed E-state index contributed by atoms with van der Waals surface area (Å²) in [5, 5.41) is 2.75. The van der Waals surface area contributed by atoms with E-state index in [-0.39, 0.29) is 0 Å². The molecule has 2 fully saturated rings. The minimum absolute atomic E-state index is 0.483. The molecule has 1 nitrogen and oxygen atoms in total. The highest BCUT2D eigenvalue weighted by Crippen LogP contribution is 2.52. The van der Waals surface area contributed by atoms with Crippen molar-refractivity contribution in [3.8, 4) is 0 Å². The maximum atomic E-state index is 6.01. The van der Waals surface area contributed by atoms with E-state index in [0.29, 0.717) is 6.04 Å². The topological polar surface area (TPSA) is 26.0 Å². The Morgan fingerprint density at radius 3 is 2.48 bits per heavy atom. The largest absolute Gasteiger partial charge is 0.328 e. The molecular formula is C20H25N. The van der Waals surface area contributed by atoms with Crippen LogP contribution in [0, 0.1) is 11.8 Å². The van der Waals surface area contributed by atoms with Crippen LogP contribution in [0.4, 0.5) is 0 Å². The average Bonchev–Trinajstić information content (AvgIpc) is 3.28. The van der Waals surface area contributed by atoms with Gasteiger partial charge in [-0.15, -0.1) is 0 Å². The molecule has 2 aromatic rings. The molecule has 0 radical (unpaired) electrons. The molecule has 1 heteroatoms. The van der Waals surface area contributed by atoms with E-state index in [1.807, 2.05) is 0 Å². The zero-order valence-corrected chi connectivity index (χ0v) is 12.7. The Hall–Kier alpha value is -1.34. The predicted molar refractivity (Wildman–Crippen MR) is 89.3 cm³/mol. The van der Waals surface area contributed by atoms with Crippen molar-refractivity contribution in [1.29, 1.82) is 0 Å². The van der Waals surface area contributed by atoms with Crippen LogP contribution in [0.15, 0.2) is 42.5 Å². The zero-order valence-electron chi connectivity index (χ0n) is 12.7. The second kappa shape index (κ2) is 5.46. The Kier molecular flexibility index (Phi) is 3.46. The molecular weight excluding hydrogens is 254 g/mol. The molecule has 21 heavy (non-hydrogen) atoms. The standard InChI is InChI=1S/C20H25N/c21-19-9-5-14(6-10-19)11-18-13-20(18)17-8-7-15-3-1-2-4-16(15)12-17/h1-4,7-8,12,14,18-20H,5-6,9-11,13,21H2/t14-,18-,19-,20+/m0/s1. The molecule has 0 aromatic heterocycles. The summed E-state index contributed by atoms with van der Waals surface area (Å²) < 4.78 is 0. The molecule has 110 valence electrons. The van der Waals surface area contributed by atoms with Crippen LogP contribution < -0.4 is 5.73 Å². The summed E-state index contributed by atoms with van der Waals surface area (Å²) in [7, 11) is 0. The van der Waals surface area contributed by atoms with Crippen molar-refractivity contribution < 1.29 is 0 Å². The van der Waals surface area contributed by atoms with Crippen molar-refractivity contribution in [3.63, 3.8) is 0 Å². The lowest BCUT2D eigenvalue weighted by atomic mass is 9.83. The summed E-state index contributed by atoms with van der Waals surface area (Å²) in [5.41, 5.74) is 7.58. The van der Waals surface area contributed by atoms with Gasteiger partial charge in [0.2, 0.25) is 0 Å². The molecule has 0 aliphatic heterocycles. The minimum atomic E-state index is 0.483. The van der Waals surface area contributed by atoms with E-state index >= 15 is 0 Å². The molecule has 2 saturated carbocycles. The van der Waals surface area contributed by atoms with Gasteiger partial charge in [0.05, 0.1) is 0 Å². The van der Waals surface area contributed by atoms with E-state index in [0.717, 1.165) is 17.8 Å². The Bertz CT molecular complexity index is 625. The lowest BCUT2D eigenvalue weighted by Gasteiger charge is -2.26. The van der Waals surface area contributed by atoms with Crippen LogP contribution in [0.25, 0.3) is 10.8 Å². The Labute approximate surface area is 127 Å². The number of fused-ring (bicyclic) bond motifs is 1. The maximum Gasteiger partial charge on any atom is 0.00390 e. The number of hydrogen-bond acceptors (Lipinski definition) is 1. The first-order valence-electron chi connectivity index (χ1n) is 8.54. The van der Waals surface area contributed by atoms with Gasteiger partial charge >= 0.3 is 0 Å². The molecule has 4 rings (SSSR count). The van der Waals surface area contributed by atoms with Gasteiger partial charge < -0.3 is 5.73 Å². The quantitative estimate of drug-likeness (QED) is 0.854. The highest BCUT2D eigenvalue weighted by Gasteiger charge is 2.39. The molecule has 2 N–H and O–H groups in total. The van der Waals surface area contributed by atoms with Crippen LogP contribution in [-0.2, 0) is 0 Å². The minimum Gasteiger partial charge on any atom is -0.328 e. The van der Waals surface area contributed by atoms with Crippen molar-refractivity contribution in [2.75, 3.05) is 0 Å². The average molecular weight is 279 g/mol. The zero-order chi connectivity index (χ0) is 14.2. The van der Waals surface area contributed by atoms with E-state index in [1.54, 1.807) is 5.56 Å². The SMILES string of the molecule is N[C@H]1CC[C@H](C[C@H]2C[C@@H]2c2ccc3ccccc3c2)CC1. The normalized spacial score (nSPS) is 32.2. The van der Waals surface area contributed by atoms with Crippen molar-refractivity contribution in [1.82, 2.24) is 0 Å². The van der Waals surface area contributed by atoms with Gasteiger partial charge in [0.15, 0.2) is 0 Å². The molecule has 0 bridgehead atoms. The highest BCUT2D eigenvalue weighted by atomic mass is 14.6. The van der Waals surface area contributed by atoms with Crippen LogP contribution in [-0.4, -0.2) is 6.04 Å². The van der Waals surface area contributed by atoms with Crippen LogP contribution in [0.5, 0.6) is 0 Å². The summed E-state index contributed by atoms with van der Waals surface area (Å²) in [6, 6.07) is 16.2. The van der Waals surface area contributed by atoms with Crippen molar-refractivity contribution in [3.05, 3.63) is 48.0 Å². The summed E-state index contributed by atoms with van der Waals surface area (Å²) in [6.45, 7) is 0. The van der Waals surface area contributed by atoms with Crippen molar-refractivity contribution in [2.24, 2.45) is 17.6 Å². The molecule has 0 unspecified atom stereocenters. The Balaban J connectivity index is 1.41. The van der Waals surface area contributed by atoms with E-state index in [1.165, 1.54) is 49.3 Å². The van der Waals surface area contributed by atoms with Crippen molar-refractivity contribution >= 4 is 10.8 Å². The van der Waals surface area contributed by atoms with Gasteiger partial charge in [0.25, 0.3) is 0 Å². The van der Waals surface area contributed by atoms with E-state index < -0.39 is 0 Å². The van der Waals surface area contributed by atoms with E-state index in [4.69, 9.17) is 5.73 Å². The van der Waals surface area contributed by atoms with Gasteiger partial charge in [0, 0.05) is 6.04 Å². The predicted octanol–water partition coefficient (Wildman–Crippen LogP) is 4.85. The van der Waals surface area contributed by atoms with Gasteiger partial charge in [-0.2, -0.15) is 0 Å². The van der Waals surface area contributed by atoms with Crippen LogP contribution in [0.3, 0.4) is 0 Å². The summed E-state index contributed by atoms with van der Waals surface area (Å²) in [5.74, 6) is 2.70. The number of benzene rings is 2. The Morgan fingerprint density at radius 2 is 1.67 bits per heavy atom. The molecule has 0 saturated heterocycles. The first-order chi connectivity index (χ1) is 10.3. The fourth-order valence-electron chi connectivity index (χ4n) is 4.21. The van der Waals surface area contributed by atoms with E-state index in [9.17, 15) is 0 Å². The fourth-order valence-corrected chi connectivity index (χ4v) is 4.21. The van der Waals surface area contributed by atoms with Crippen LogP contribution in [0.1, 0.15) is 50.0 Å². The highest BCUT2D eigenvalue weighted by molar-refractivity contribution is 5.83. The monoisotopic (exact) mass is 279 g/mol. The summed E-state index contributed by atoms with van der Waals surface area (Å²) >= 11 is 0. The molecule has 0 heterocycles. The molecule has 0 spiro atoms. The van der Waals surface area contributed by atoms with Gasteiger partial charge in [-0.05, 0) is 72.6 Å². The van der Waals surface area contributed by atoms with Gasteiger partial charge in [-0.3, -0.25) is 0 Å². The second-order valence-electron chi connectivity index (χ2n) is 7.23. The maximum absolute atomic E-state index is 6.01. The molecule has 0 amide bonds. The third-order valence-electron chi connectivity index (χ3n) is 5.65. The smallest absolute Gasteiger partial charge is 0.00390 e. The number of nitrogens with two attached hydrogens (primary N) is 1. The molecule has 2 atom stereocenters. The lowest BCUT2D eigenvalue weighted by molar-refractivity contribution is 0.298. The third kappa shape index (κ3) is 2.85. The molecule has 2 aromatic carbocycles. The third-order valence-corrected chi connectivity index (χ3v) is 5.65. The van der Waals surface area contributed by atoms with Gasteiger partial charge in [0.1, 0.15) is 0 Å².